The normalized spacial score (nSPS) is 18.0. The molecule has 0 aromatic carbocycles. The molecule has 0 saturated heterocycles. The van der Waals surface area contributed by atoms with E-state index in [9.17, 15) is 17.6 Å². The molecule has 0 aliphatic rings. The molecule has 0 aromatic rings. The first-order chi connectivity index (χ1) is 4.87. The van der Waals surface area contributed by atoms with Crippen molar-refractivity contribution in [3.05, 3.63) is 0 Å². The zero-order valence-electron chi connectivity index (χ0n) is 6.04. The van der Waals surface area contributed by atoms with Crippen LogP contribution in [0.4, 0.5) is 17.6 Å². The molecule has 0 aliphatic carbocycles. The monoisotopic (exact) mass is 176 g/mol. The minimum Gasteiger partial charge on any atom is -0.319 e. The number of rotatable bonds is 4. The van der Waals surface area contributed by atoms with E-state index in [1.54, 1.807) is 0 Å². The molecule has 0 saturated carbocycles. The van der Waals surface area contributed by atoms with Gasteiger partial charge in [0.15, 0.2) is 6.86 Å². The topological polar surface area (TPSA) is 18.5 Å². The molecule has 11 heavy (non-hydrogen) atoms. The van der Waals surface area contributed by atoms with E-state index in [0.29, 0.717) is 14.0 Å². The summed E-state index contributed by atoms with van der Waals surface area (Å²) < 4.78 is 55.2. The molecule has 1 atom stereocenters. The van der Waals surface area contributed by atoms with Gasteiger partial charge in [-0.2, -0.15) is 8.78 Å². The lowest BCUT2D eigenvalue weighted by Crippen LogP contribution is -2.45. The van der Waals surface area contributed by atoms with E-state index < -0.39 is 18.8 Å². The van der Waals surface area contributed by atoms with Gasteiger partial charge in [0.2, 0.25) is 0 Å². The van der Waals surface area contributed by atoms with Gasteiger partial charge in [-0.05, 0) is 0 Å². The molecule has 0 rings (SSSR count). The first-order valence-corrected chi connectivity index (χ1v) is 2.69. The second kappa shape index (κ2) is 3.36. The van der Waals surface area contributed by atoms with Crippen LogP contribution >= 0.6 is 0 Å². The molecule has 2 nitrogen and oxygen atoms in total. The van der Waals surface area contributed by atoms with E-state index in [-0.39, 0.29) is 0 Å². The molecule has 0 spiro atoms. The summed E-state index contributed by atoms with van der Waals surface area (Å²) in [6.45, 7) is -1.25. The predicted molar refractivity (Wildman–Crippen MR) is 28.5 cm³/mol. The Kier molecular flexibility index (Phi) is 3.25. The second-order valence-electron chi connectivity index (χ2n) is 1.89. The Morgan fingerprint density at radius 3 is 2.00 bits per heavy atom. The van der Waals surface area contributed by atoms with E-state index in [4.69, 9.17) is 0 Å². The number of alkyl halides is 4. The van der Waals surface area contributed by atoms with Crippen LogP contribution in [0.5, 0.6) is 0 Å². The summed E-state index contributed by atoms with van der Waals surface area (Å²) in [5.74, 6) is -3.43. The Labute approximate surface area is 61.1 Å². The molecule has 0 fully saturated rings. The highest BCUT2D eigenvalue weighted by atomic mass is 19.3. The summed E-state index contributed by atoms with van der Waals surface area (Å²) in [6.07, 6.45) is -4.14. The fourth-order valence-electron chi connectivity index (χ4n) is 0.369. The molecular formula is C5H8F4O2. The lowest BCUT2D eigenvalue weighted by atomic mass is 10.3. The third-order valence-electron chi connectivity index (χ3n) is 1.10. The van der Waals surface area contributed by atoms with Crippen LogP contribution in [0, 0.1) is 0 Å². The van der Waals surface area contributed by atoms with Crippen LogP contribution < -0.4 is 0 Å². The molecule has 0 amide bonds. The third kappa shape index (κ3) is 2.30. The first-order valence-electron chi connectivity index (χ1n) is 2.69. The zero-order valence-corrected chi connectivity index (χ0v) is 6.04. The summed E-state index contributed by atoms with van der Waals surface area (Å²) in [6, 6.07) is 0. The number of ether oxygens (including phenoxy) is 2. The van der Waals surface area contributed by atoms with E-state index >= 15 is 0 Å². The molecule has 0 bridgehead atoms. The third-order valence-corrected chi connectivity index (χ3v) is 1.10. The number of methoxy groups -OCH3 is 1. The molecule has 0 radical (unpaired) electrons. The Morgan fingerprint density at radius 1 is 1.27 bits per heavy atom. The van der Waals surface area contributed by atoms with E-state index in [1.165, 1.54) is 0 Å². The van der Waals surface area contributed by atoms with Crippen LogP contribution in [-0.2, 0) is 9.47 Å². The molecule has 0 aliphatic heterocycles. The van der Waals surface area contributed by atoms with Crippen LogP contribution in [0.2, 0.25) is 0 Å². The lowest BCUT2D eigenvalue weighted by Gasteiger charge is -2.26. The van der Waals surface area contributed by atoms with Crippen molar-refractivity contribution in [2.24, 2.45) is 0 Å². The average molecular weight is 176 g/mol. The van der Waals surface area contributed by atoms with Gasteiger partial charge < -0.3 is 9.47 Å². The largest absolute Gasteiger partial charge is 0.414 e. The SMILES string of the molecule is COC(F)(F)C(C)(F)OCF. The smallest absolute Gasteiger partial charge is 0.319 e. The van der Waals surface area contributed by atoms with Crippen molar-refractivity contribution >= 4 is 0 Å². The van der Waals surface area contributed by atoms with Gasteiger partial charge in [-0.1, -0.05) is 0 Å². The van der Waals surface area contributed by atoms with Crippen molar-refractivity contribution in [3.8, 4) is 0 Å². The Morgan fingerprint density at radius 2 is 1.73 bits per heavy atom. The molecule has 0 N–H and O–H groups in total. The fourth-order valence-corrected chi connectivity index (χ4v) is 0.369. The van der Waals surface area contributed by atoms with Gasteiger partial charge in [0, 0.05) is 14.0 Å². The van der Waals surface area contributed by atoms with Crippen LogP contribution in [0.25, 0.3) is 0 Å². The lowest BCUT2D eigenvalue weighted by molar-refractivity contribution is -0.374. The van der Waals surface area contributed by atoms with Crippen molar-refractivity contribution in [2.45, 2.75) is 18.9 Å². The van der Waals surface area contributed by atoms with Gasteiger partial charge in [-0.15, -0.1) is 0 Å². The highest BCUT2D eigenvalue weighted by molar-refractivity contribution is 4.71. The Hall–Kier alpha value is -0.360. The van der Waals surface area contributed by atoms with Gasteiger partial charge >= 0.3 is 6.11 Å². The number of halogens is 4. The highest BCUT2D eigenvalue weighted by Gasteiger charge is 2.53. The molecule has 1 unspecified atom stereocenters. The summed E-state index contributed by atoms with van der Waals surface area (Å²) in [5, 5.41) is 0. The van der Waals surface area contributed by atoms with Crippen molar-refractivity contribution in [3.63, 3.8) is 0 Å². The van der Waals surface area contributed by atoms with Gasteiger partial charge in [0.25, 0.3) is 5.85 Å². The molecule has 0 aromatic heterocycles. The maximum Gasteiger partial charge on any atom is 0.414 e. The summed E-state index contributed by atoms with van der Waals surface area (Å²) >= 11 is 0. The van der Waals surface area contributed by atoms with E-state index in [0.717, 1.165) is 0 Å². The summed E-state index contributed by atoms with van der Waals surface area (Å²) in [7, 11) is 0.597. The van der Waals surface area contributed by atoms with Gasteiger partial charge in [0.05, 0.1) is 0 Å². The van der Waals surface area contributed by atoms with Crippen LogP contribution in [0.1, 0.15) is 6.92 Å². The maximum atomic E-state index is 12.5. The van der Waals surface area contributed by atoms with Gasteiger partial charge in [-0.3, -0.25) is 0 Å². The van der Waals surface area contributed by atoms with Crippen molar-refractivity contribution in [1.29, 1.82) is 0 Å². The number of hydrogen-bond acceptors (Lipinski definition) is 2. The van der Waals surface area contributed by atoms with Crippen LogP contribution in [-0.4, -0.2) is 25.9 Å². The average Bonchev–Trinajstić information content (AvgIpc) is 1.87. The van der Waals surface area contributed by atoms with Crippen LogP contribution in [0.15, 0.2) is 0 Å². The summed E-state index contributed by atoms with van der Waals surface area (Å²) in [4.78, 5) is 0. The zero-order chi connectivity index (χ0) is 9.12. The van der Waals surface area contributed by atoms with Gasteiger partial charge in [0.1, 0.15) is 0 Å². The minimum absolute atomic E-state index is 0.385. The van der Waals surface area contributed by atoms with E-state index in [1.807, 2.05) is 0 Å². The standard InChI is InChI=1S/C5H8F4O2/c1-4(7,11-3-6)5(8,9)10-2/h3H2,1-2H3. The Balaban J connectivity index is 4.26. The van der Waals surface area contributed by atoms with Crippen LogP contribution in [0.3, 0.4) is 0 Å². The quantitative estimate of drug-likeness (QED) is 0.608. The first kappa shape index (κ1) is 10.6. The van der Waals surface area contributed by atoms with Gasteiger partial charge in [-0.25, -0.2) is 8.78 Å². The van der Waals surface area contributed by atoms with E-state index in [2.05, 4.69) is 9.47 Å². The Bertz CT molecular complexity index is 126. The fraction of sp³-hybridized carbons (Fsp3) is 1.00. The predicted octanol–water partition coefficient (Wildman–Crippen LogP) is 1.85. The highest BCUT2D eigenvalue weighted by Crippen LogP contribution is 2.33. The number of hydrogen-bond donors (Lipinski definition) is 0. The second-order valence-corrected chi connectivity index (χ2v) is 1.89. The maximum absolute atomic E-state index is 12.5. The van der Waals surface area contributed by atoms with Crippen molar-refractivity contribution in [1.82, 2.24) is 0 Å². The molecule has 6 heteroatoms. The van der Waals surface area contributed by atoms with Crippen molar-refractivity contribution < 1.29 is 27.0 Å². The molecule has 0 heterocycles. The minimum atomic E-state index is -4.14. The molecular weight excluding hydrogens is 168 g/mol. The van der Waals surface area contributed by atoms with Crippen molar-refractivity contribution in [2.75, 3.05) is 14.0 Å². The summed E-state index contributed by atoms with van der Waals surface area (Å²) in [5.41, 5.74) is 0. The molecule has 68 valence electrons.